The van der Waals surface area contributed by atoms with Gasteiger partial charge in [0.2, 0.25) is 5.91 Å². The summed E-state index contributed by atoms with van der Waals surface area (Å²) in [6.45, 7) is 1.40. The molecule has 1 fully saturated rings. The van der Waals surface area contributed by atoms with Gasteiger partial charge in [0.05, 0.1) is 18.1 Å². The molecule has 0 aliphatic carbocycles. The first-order valence-electron chi connectivity index (χ1n) is 5.48. The second-order valence-electron chi connectivity index (χ2n) is 3.98. The van der Waals surface area contributed by atoms with E-state index in [4.69, 9.17) is 10.5 Å². The number of primary amides is 1. The maximum atomic E-state index is 11.1. The molecule has 1 saturated heterocycles. The van der Waals surface area contributed by atoms with Gasteiger partial charge in [-0.1, -0.05) is 0 Å². The SMILES string of the molecule is NC(=O)[C@@H]1CN(c2ccc([N+](=O)[O-])cc2)CCO1. The number of nitro benzene ring substituents is 1. The fourth-order valence-electron chi connectivity index (χ4n) is 1.84. The molecule has 0 spiro atoms. The molecule has 1 heterocycles. The van der Waals surface area contributed by atoms with E-state index in [9.17, 15) is 14.9 Å². The predicted molar refractivity (Wildman–Crippen MR) is 64.2 cm³/mol. The van der Waals surface area contributed by atoms with Gasteiger partial charge in [-0.15, -0.1) is 0 Å². The summed E-state index contributed by atoms with van der Waals surface area (Å²) in [5, 5.41) is 10.5. The summed E-state index contributed by atoms with van der Waals surface area (Å²) in [4.78, 5) is 23.1. The summed E-state index contributed by atoms with van der Waals surface area (Å²) in [7, 11) is 0. The number of carbonyl (C=O) groups is 1. The Balaban J connectivity index is 2.11. The van der Waals surface area contributed by atoms with Gasteiger partial charge in [0.1, 0.15) is 0 Å². The molecule has 7 heteroatoms. The molecule has 1 aromatic rings. The first-order chi connectivity index (χ1) is 8.58. The third-order valence-electron chi connectivity index (χ3n) is 2.81. The van der Waals surface area contributed by atoms with Crippen LogP contribution in [0.15, 0.2) is 24.3 Å². The fourth-order valence-corrected chi connectivity index (χ4v) is 1.84. The lowest BCUT2D eigenvalue weighted by Crippen LogP contribution is -2.48. The number of benzene rings is 1. The molecule has 1 amide bonds. The number of hydrogen-bond donors (Lipinski definition) is 1. The highest BCUT2D eigenvalue weighted by Crippen LogP contribution is 2.21. The van der Waals surface area contributed by atoms with E-state index >= 15 is 0 Å². The molecule has 1 aliphatic heterocycles. The van der Waals surface area contributed by atoms with Crippen molar-refractivity contribution >= 4 is 17.3 Å². The van der Waals surface area contributed by atoms with Gasteiger partial charge in [-0.25, -0.2) is 0 Å². The molecule has 2 N–H and O–H groups in total. The second-order valence-corrected chi connectivity index (χ2v) is 3.98. The monoisotopic (exact) mass is 251 g/mol. The number of nitrogens with two attached hydrogens (primary N) is 1. The number of rotatable bonds is 3. The maximum Gasteiger partial charge on any atom is 0.269 e. The Morgan fingerprint density at radius 2 is 2.11 bits per heavy atom. The summed E-state index contributed by atoms with van der Waals surface area (Å²) >= 11 is 0. The van der Waals surface area contributed by atoms with Gasteiger partial charge in [-0.3, -0.25) is 14.9 Å². The minimum atomic E-state index is -0.631. The molecule has 1 aliphatic rings. The summed E-state index contributed by atoms with van der Waals surface area (Å²) in [6.07, 6.45) is -0.631. The quantitative estimate of drug-likeness (QED) is 0.614. The summed E-state index contributed by atoms with van der Waals surface area (Å²) in [5.74, 6) is -0.499. The predicted octanol–water partition coefficient (Wildman–Crippen LogP) is 0.285. The molecule has 18 heavy (non-hydrogen) atoms. The molecule has 0 bridgehead atoms. The van der Waals surface area contributed by atoms with Crippen molar-refractivity contribution in [3.63, 3.8) is 0 Å². The normalized spacial score (nSPS) is 19.6. The highest BCUT2D eigenvalue weighted by atomic mass is 16.6. The molecule has 0 radical (unpaired) electrons. The molecular weight excluding hydrogens is 238 g/mol. The zero-order valence-corrected chi connectivity index (χ0v) is 9.61. The number of nitro groups is 1. The number of ether oxygens (including phenoxy) is 1. The van der Waals surface area contributed by atoms with Gasteiger partial charge in [0.15, 0.2) is 6.10 Å². The molecule has 96 valence electrons. The van der Waals surface area contributed by atoms with E-state index in [0.29, 0.717) is 19.7 Å². The van der Waals surface area contributed by atoms with E-state index in [2.05, 4.69) is 0 Å². The average molecular weight is 251 g/mol. The number of hydrogen-bond acceptors (Lipinski definition) is 5. The van der Waals surface area contributed by atoms with Gasteiger partial charge in [-0.05, 0) is 12.1 Å². The molecule has 1 aromatic carbocycles. The lowest BCUT2D eigenvalue weighted by molar-refractivity contribution is -0.384. The lowest BCUT2D eigenvalue weighted by Gasteiger charge is -2.32. The molecule has 0 unspecified atom stereocenters. The van der Waals surface area contributed by atoms with E-state index in [1.165, 1.54) is 12.1 Å². The van der Waals surface area contributed by atoms with Crippen LogP contribution in [0.2, 0.25) is 0 Å². The van der Waals surface area contributed by atoms with E-state index in [0.717, 1.165) is 5.69 Å². The minimum Gasteiger partial charge on any atom is -0.367 e. The topological polar surface area (TPSA) is 98.7 Å². The number of amides is 1. The Hall–Kier alpha value is -2.15. The third-order valence-corrected chi connectivity index (χ3v) is 2.81. The smallest absolute Gasteiger partial charge is 0.269 e. The van der Waals surface area contributed by atoms with Gasteiger partial charge >= 0.3 is 0 Å². The maximum absolute atomic E-state index is 11.1. The Kier molecular flexibility index (Phi) is 3.42. The van der Waals surface area contributed by atoms with Crippen molar-refractivity contribution in [2.24, 2.45) is 5.73 Å². The van der Waals surface area contributed by atoms with Gasteiger partial charge in [-0.2, -0.15) is 0 Å². The van der Waals surface area contributed by atoms with E-state index in [1.54, 1.807) is 12.1 Å². The van der Waals surface area contributed by atoms with E-state index in [-0.39, 0.29) is 5.69 Å². The van der Waals surface area contributed by atoms with Crippen LogP contribution in [0, 0.1) is 10.1 Å². The van der Waals surface area contributed by atoms with Crippen LogP contribution in [0.5, 0.6) is 0 Å². The van der Waals surface area contributed by atoms with Gasteiger partial charge in [0, 0.05) is 24.4 Å². The summed E-state index contributed by atoms with van der Waals surface area (Å²) in [5.41, 5.74) is 6.05. The largest absolute Gasteiger partial charge is 0.367 e. The second kappa shape index (κ2) is 5.01. The third kappa shape index (κ3) is 2.57. The van der Waals surface area contributed by atoms with Crippen LogP contribution in [0.1, 0.15) is 0 Å². The summed E-state index contributed by atoms with van der Waals surface area (Å²) < 4.78 is 5.23. The van der Waals surface area contributed by atoms with Crippen LogP contribution < -0.4 is 10.6 Å². The zero-order chi connectivity index (χ0) is 13.1. The van der Waals surface area contributed by atoms with Gasteiger partial charge < -0.3 is 15.4 Å². The summed E-state index contributed by atoms with van der Waals surface area (Å²) in [6, 6.07) is 6.18. The lowest BCUT2D eigenvalue weighted by atomic mass is 10.2. The Morgan fingerprint density at radius 1 is 1.44 bits per heavy atom. The number of non-ortho nitro benzene ring substituents is 1. The van der Waals surface area contributed by atoms with Crippen molar-refractivity contribution in [2.75, 3.05) is 24.6 Å². The van der Waals surface area contributed by atoms with Crippen LogP contribution in [0.3, 0.4) is 0 Å². The Labute approximate surface area is 103 Å². The van der Waals surface area contributed by atoms with E-state index < -0.39 is 16.9 Å². The van der Waals surface area contributed by atoms with Crippen LogP contribution in [0.4, 0.5) is 11.4 Å². The van der Waals surface area contributed by atoms with E-state index in [1.807, 2.05) is 4.90 Å². The first kappa shape index (κ1) is 12.3. The highest BCUT2D eigenvalue weighted by molar-refractivity contribution is 5.79. The van der Waals surface area contributed by atoms with Crippen molar-refractivity contribution in [3.8, 4) is 0 Å². The van der Waals surface area contributed by atoms with Crippen molar-refractivity contribution < 1.29 is 14.5 Å². The number of carbonyl (C=O) groups excluding carboxylic acids is 1. The molecule has 2 rings (SSSR count). The molecule has 0 saturated carbocycles. The minimum absolute atomic E-state index is 0.0402. The average Bonchev–Trinajstić information content (AvgIpc) is 2.39. The van der Waals surface area contributed by atoms with Crippen molar-refractivity contribution in [1.82, 2.24) is 0 Å². The Bertz CT molecular complexity index is 460. The van der Waals surface area contributed by atoms with Crippen molar-refractivity contribution in [1.29, 1.82) is 0 Å². The highest BCUT2D eigenvalue weighted by Gasteiger charge is 2.25. The molecule has 0 aromatic heterocycles. The molecular formula is C11H13N3O4. The van der Waals surface area contributed by atoms with Crippen LogP contribution in [-0.4, -0.2) is 36.6 Å². The van der Waals surface area contributed by atoms with Crippen molar-refractivity contribution in [3.05, 3.63) is 34.4 Å². The van der Waals surface area contributed by atoms with Crippen LogP contribution in [0.25, 0.3) is 0 Å². The molecule has 1 atom stereocenters. The molecule has 7 nitrogen and oxygen atoms in total. The number of morpholine rings is 1. The zero-order valence-electron chi connectivity index (χ0n) is 9.61. The van der Waals surface area contributed by atoms with Crippen LogP contribution >= 0.6 is 0 Å². The van der Waals surface area contributed by atoms with Crippen LogP contribution in [-0.2, 0) is 9.53 Å². The standard InChI is InChI=1S/C11H13N3O4/c12-11(15)10-7-13(5-6-18-10)8-1-3-9(4-2-8)14(16)17/h1-4,10H,5-7H2,(H2,12,15)/t10-/m0/s1. The van der Waals surface area contributed by atoms with Crippen molar-refractivity contribution in [2.45, 2.75) is 6.10 Å². The number of nitrogens with zero attached hydrogens (tertiary/aromatic N) is 2. The number of anilines is 1. The fraction of sp³-hybridized carbons (Fsp3) is 0.364. The Morgan fingerprint density at radius 3 is 2.67 bits per heavy atom. The first-order valence-corrected chi connectivity index (χ1v) is 5.48. The van der Waals surface area contributed by atoms with Gasteiger partial charge in [0.25, 0.3) is 5.69 Å².